The van der Waals surface area contributed by atoms with Crippen LogP contribution in [0.5, 0.6) is 5.75 Å². The van der Waals surface area contributed by atoms with Crippen molar-refractivity contribution in [3.05, 3.63) is 59.0 Å². The largest absolute Gasteiger partial charge is 0.505 e. The molecule has 0 radical (unpaired) electrons. The SMILES string of the molecule is Cc1ncc2c(NC3c4ccc(F)c(O)c4C4CCCC4C3(O)C(F)(F)F)cc(F)cc2n1. The van der Waals surface area contributed by atoms with E-state index >= 15 is 0 Å². The maximum Gasteiger partial charge on any atom is 0.419 e. The molecule has 2 aliphatic carbocycles. The lowest BCUT2D eigenvalue weighted by Crippen LogP contribution is -2.60. The molecule has 2 aliphatic rings. The number of nitrogens with zero attached hydrogens (tertiary/aromatic N) is 2. The van der Waals surface area contributed by atoms with Gasteiger partial charge in [-0.2, -0.15) is 13.2 Å². The molecule has 3 aromatic rings. The van der Waals surface area contributed by atoms with Crippen molar-refractivity contribution in [1.29, 1.82) is 0 Å². The Balaban J connectivity index is 1.76. The van der Waals surface area contributed by atoms with Crippen molar-refractivity contribution in [2.24, 2.45) is 5.92 Å². The maximum atomic E-state index is 14.5. The Kier molecular flexibility index (Phi) is 4.79. The van der Waals surface area contributed by atoms with Crippen LogP contribution in [0.2, 0.25) is 0 Å². The molecule has 0 amide bonds. The van der Waals surface area contributed by atoms with Gasteiger partial charge in [0, 0.05) is 34.8 Å². The van der Waals surface area contributed by atoms with Gasteiger partial charge in [-0.3, -0.25) is 0 Å². The summed E-state index contributed by atoms with van der Waals surface area (Å²) in [5, 5.41) is 24.7. The first-order chi connectivity index (χ1) is 15.5. The van der Waals surface area contributed by atoms with Gasteiger partial charge in [-0.1, -0.05) is 12.5 Å². The van der Waals surface area contributed by atoms with Crippen LogP contribution in [0.15, 0.2) is 30.5 Å². The normalized spacial score (nSPS) is 26.8. The summed E-state index contributed by atoms with van der Waals surface area (Å²) in [6, 6.07) is 2.31. The van der Waals surface area contributed by atoms with E-state index in [9.17, 15) is 32.2 Å². The van der Waals surface area contributed by atoms with Crippen LogP contribution in [0.3, 0.4) is 0 Å². The molecule has 2 aromatic carbocycles. The number of nitrogens with one attached hydrogen (secondary N) is 1. The number of halogens is 5. The Bertz CT molecular complexity index is 1260. The van der Waals surface area contributed by atoms with Crippen molar-refractivity contribution < 1.29 is 32.2 Å². The molecular weight excluding hydrogens is 445 g/mol. The minimum Gasteiger partial charge on any atom is -0.505 e. The number of aromatic nitrogens is 2. The summed E-state index contributed by atoms with van der Waals surface area (Å²) >= 11 is 0. The van der Waals surface area contributed by atoms with Crippen LogP contribution < -0.4 is 5.32 Å². The van der Waals surface area contributed by atoms with Crippen LogP contribution in [0.25, 0.3) is 10.9 Å². The number of alkyl halides is 3. The standard InChI is InChI=1S/C23H20F5N3O2/c1-10-29-9-14-17(30-10)7-11(24)8-18(14)31-21-13-5-6-16(25)20(32)19(13)12-3-2-4-15(12)22(21,33)23(26,27)28/h5-9,12,15,21,31-33H,2-4H2,1H3. The molecule has 0 spiro atoms. The molecule has 5 nitrogen and oxygen atoms in total. The lowest BCUT2D eigenvalue weighted by Gasteiger charge is -2.49. The quantitative estimate of drug-likeness (QED) is 0.450. The number of aliphatic hydroxyl groups is 1. The fourth-order valence-electron chi connectivity index (χ4n) is 5.55. The van der Waals surface area contributed by atoms with Gasteiger partial charge in [0.25, 0.3) is 0 Å². The second-order valence-corrected chi connectivity index (χ2v) is 8.75. The number of benzene rings is 2. The maximum absolute atomic E-state index is 14.5. The van der Waals surface area contributed by atoms with E-state index in [1.165, 1.54) is 6.20 Å². The predicted molar refractivity (Wildman–Crippen MR) is 110 cm³/mol. The highest BCUT2D eigenvalue weighted by Gasteiger charge is 2.68. The van der Waals surface area contributed by atoms with Crippen molar-refractivity contribution in [2.45, 2.75) is 49.9 Å². The van der Waals surface area contributed by atoms with Gasteiger partial charge in [0.2, 0.25) is 0 Å². The molecule has 10 heteroatoms. The number of rotatable bonds is 2. The third kappa shape index (κ3) is 3.14. The smallest absolute Gasteiger partial charge is 0.419 e. The van der Waals surface area contributed by atoms with E-state index in [4.69, 9.17) is 0 Å². The van der Waals surface area contributed by atoms with Gasteiger partial charge < -0.3 is 15.5 Å². The number of phenolic OH excluding ortho intramolecular Hbond substituents is 1. The Labute approximate surface area is 185 Å². The molecule has 0 bridgehead atoms. The minimum absolute atomic E-state index is 0.0421. The molecule has 33 heavy (non-hydrogen) atoms. The summed E-state index contributed by atoms with van der Waals surface area (Å²) in [6.45, 7) is 1.59. The van der Waals surface area contributed by atoms with Gasteiger partial charge in [-0.15, -0.1) is 0 Å². The van der Waals surface area contributed by atoms with Crippen LogP contribution >= 0.6 is 0 Å². The van der Waals surface area contributed by atoms with Crippen molar-refractivity contribution in [1.82, 2.24) is 9.97 Å². The Hall–Kier alpha value is -3.01. The first-order valence-corrected chi connectivity index (χ1v) is 10.5. The van der Waals surface area contributed by atoms with E-state index in [-0.39, 0.29) is 40.6 Å². The Morgan fingerprint density at radius 2 is 1.91 bits per heavy atom. The third-order valence-electron chi connectivity index (χ3n) is 6.94. The summed E-state index contributed by atoms with van der Waals surface area (Å²) in [5.74, 6) is -4.23. The van der Waals surface area contributed by atoms with Crippen LogP contribution in [-0.2, 0) is 0 Å². The molecule has 0 aliphatic heterocycles. The lowest BCUT2D eigenvalue weighted by atomic mass is 9.64. The van der Waals surface area contributed by atoms with Crippen molar-refractivity contribution in [3.63, 3.8) is 0 Å². The fraction of sp³-hybridized carbons (Fsp3) is 0.391. The predicted octanol–water partition coefficient (Wildman–Crippen LogP) is 5.27. The molecule has 1 saturated carbocycles. The van der Waals surface area contributed by atoms with Gasteiger partial charge in [-0.25, -0.2) is 18.7 Å². The molecular formula is C23H20F5N3O2. The molecule has 1 aromatic heterocycles. The summed E-state index contributed by atoms with van der Waals surface area (Å²) in [5.41, 5.74) is -3.14. The van der Waals surface area contributed by atoms with Crippen LogP contribution in [0.4, 0.5) is 27.6 Å². The van der Waals surface area contributed by atoms with Gasteiger partial charge in [0.1, 0.15) is 11.6 Å². The highest BCUT2D eigenvalue weighted by atomic mass is 19.4. The molecule has 4 atom stereocenters. The number of hydrogen-bond acceptors (Lipinski definition) is 5. The zero-order valence-electron chi connectivity index (χ0n) is 17.4. The van der Waals surface area contributed by atoms with Crippen LogP contribution in [0.1, 0.15) is 48.2 Å². The highest BCUT2D eigenvalue weighted by molar-refractivity contribution is 5.91. The molecule has 3 N–H and O–H groups in total. The average Bonchev–Trinajstić information content (AvgIpc) is 3.22. The molecule has 5 rings (SSSR count). The van der Waals surface area contributed by atoms with Gasteiger partial charge >= 0.3 is 6.18 Å². The molecule has 1 fully saturated rings. The fourth-order valence-corrected chi connectivity index (χ4v) is 5.55. The van der Waals surface area contributed by atoms with Gasteiger partial charge in [0.05, 0.1) is 11.6 Å². The number of anilines is 1. The van der Waals surface area contributed by atoms with E-state index in [1.54, 1.807) is 6.92 Å². The van der Waals surface area contributed by atoms with Crippen LogP contribution in [-0.4, -0.2) is 32.0 Å². The summed E-state index contributed by atoms with van der Waals surface area (Å²) in [7, 11) is 0. The average molecular weight is 465 g/mol. The topological polar surface area (TPSA) is 78.3 Å². The minimum atomic E-state index is -5.06. The summed E-state index contributed by atoms with van der Waals surface area (Å²) in [6.07, 6.45) is -3.01. The number of hydrogen-bond donors (Lipinski definition) is 3. The zero-order chi connectivity index (χ0) is 23.7. The van der Waals surface area contributed by atoms with E-state index < -0.39 is 47.0 Å². The van der Waals surface area contributed by atoms with E-state index in [1.807, 2.05) is 0 Å². The Morgan fingerprint density at radius 3 is 2.64 bits per heavy atom. The van der Waals surface area contributed by atoms with Crippen molar-refractivity contribution in [2.75, 3.05) is 5.32 Å². The third-order valence-corrected chi connectivity index (χ3v) is 6.94. The summed E-state index contributed by atoms with van der Waals surface area (Å²) in [4.78, 5) is 8.18. The first kappa shape index (κ1) is 21.8. The number of phenols is 1. The lowest BCUT2D eigenvalue weighted by molar-refractivity contribution is -0.290. The second kappa shape index (κ2) is 7.24. The van der Waals surface area contributed by atoms with Crippen molar-refractivity contribution in [3.8, 4) is 5.75 Å². The van der Waals surface area contributed by atoms with Crippen LogP contribution in [0, 0.1) is 24.5 Å². The Morgan fingerprint density at radius 1 is 1.15 bits per heavy atom. The molecule has 0 saturated heterocycles. The van der Waals surface area contributed by atoms with E-state index in [0.29, 0.717) is 12.2 Å². The number of aromatic hydroxyl groups is 1. The van der Waals surface area contributed by atoms with Gasteiger partial charge in [0.15, 0.2) is 17.2 Å². The summed E-state index contributed by atoms with van der Waals surface area (Å²) < 4.78 is 72.1. The second-order valence-electron chi connectivity index (χ2n) is 8.75. The highest BCUT2D eigenvalue weighted by Crippen LogP contribution is 2.62. The molecule has 1 heterocycles. The van der Waals surface area contributed by atoms with E-state index in [2.05, 4.69) is 15.3 Å². The number of fused-ring (bicyclic) bond motifs is 4. The molecule has 174 valence electrons. The zero-order valence-corrected chi connectivity index (χ0v) is 17.4. The molecule has 4 unspecified atom stereocenters. The van der Waals surface area contributed by atoms with Gasteiger partial charge in [-0.05, 0) is 43.4 Å². The first-order valence-electron chi connectivity index (χ1n) is 10.5. The van der Waals surface area contributed by atoms with Crippen molar-refractivity contribution >= 4 is 16.6 Å². The monoisotopic (exact) mass is 465 g/mol. The van der Waals surface area contributed by atoms with E-state index in [0.717, 1.165) is 24.3 Å². The number of aryl methyl sites for hydroxylation is 1.